The van der Waals surface area contributed by atoms with Crippen molar-refractivity contribution >= 4 is 41.0 Å². The summed E-state index contributed by atoms with van der Waals surface area (Å²) < 4.78 is 5.33. The number of Topliss-reactive ketones (excluding diaryl/α,β-unsaturated/α-hetero) is 2. The highest BCUT2D eigenvalue weighted by Gasteiger charge is 2.61. The van der Waals surface area contributed by atoms with E-state index in [1.54, 1.807) is 39.0 Å². The SMILES string of the molecule is COc1ccc2c(c1)C1(C)C(SCC(NC(C)=O)C(=O)O)=CC(=O)C(C)(C)C1C(=O)C2=O. The van der Waals surface area contributed by atoms with E-state index >= 15 is 0 Å². The normalized spacial score (nSPS) is 24.7. The van der Waals surface area contributed by atoms with Crippen LogP contribution in [-0.4, -0.2) is 53.2 Å². The molecule has 1 aromatic rings. The van der Waals surface area contributed by atoms with Gasteiger partial charge >= 0.3 is 5.97 Å². The number of fused-ring (bicyclic) bond motifs is 3. The lowest BCUT2D eigenvalue weighted by atomic mass is 9.51. The highest BCUT2D eigenvalue weighted by Crippen LogP contribution is 2.58. The van der Waals surface area contributed by atoms with Gasteiger partial charge in [0, 0.05) is 29.1 Å². The smallest absolute Gasteiger partial charge is 0.327 e. The van der Waals surface area contributed by atoms with E-state index in [2.05, 4.69) is 5.32 Å². The molecule has 0 aromatic heterocycles. The van der Waals surface area contributed by atoms with Crippen LogP contribution in [0, 0.1) is 11.3 Å². The highest BCUT2D eigenvalue weighted by atomic mass is 32.2. The summed E-state index contributed by atoms with van der Waals surface area (Å²) in [5.74, 6) is -3.86. The minimum absolute atomic E-state index is 0.0573. The Labute approximate surface area is 189 Å². The van der Waals surface area contributed by atoms with Gasteiger partial charge in [0.05, 0.1) is 13.0 Å². The van der Waals surface area contributed by atoms with E-state index in [0.717, 1.165) is 11.8 Å². The van der Waals surface area contributed by atoms with Gasteiger partial charge in [-0.25, -0.2) is 4.79 Å². The maximum absolute atomic E-state index is 13.3. The summed E-state index contributed by atoms with van der Waals surface area (Å²) in [5.41, 5.74) is -1.41. The second-order valence-electron chi connectivity index (χ2n) is 8.74. The largest absolute Gasteiger partial charge is 0.497 e. The predicted octanol–water partition coefficient (Wildman–Crippen LogP) is 2.15. The highest BCUT2D eigenvalue weighted by molar-refractivity contribution is 8.03. The standard InChI is InChI=1S/C23H25NO7S/c1-11(25)24-15(21(29)30)10-32-17-9-16(26)22(2,3)20-19(28)18(27)13-7-6-12(31-5)8-14(13)23(17,20)4/h6-9,15,20H,10H2,1-5H3,(H,24,25)(H,29,30). The van der Waals surface area contributed by atoms with Crippen molar-refractivity contribution in [1.82, 2.24) is 5.32 Å². The number of benzene rings is 1. The summed E-state index contributed by atoms with van der Waals surface area (Å²) in [7, 11) is 1.49. The second kappa shape index (κ2) is 8.20. The van der Waals surface area contributed by atoms with Crippen LogP contribution >= 0.6 is 11.8 Å². The van der Waals surface area contributed by atoms with Crippen LogP contribution in [0.5, 0.6) is 5.75 Å². The van der Waals surface area contributed by atoms with Gasteiger partial charge in [0.1, 0.15) is 11.8 Å². The number of carbonyl (C=O) groups is 5. The van der Waals surface area contributed by atoms with Crippen molar-refractivity contribution in [3.05, 3.63) is 40.3 Å². The number of methoxy groups -OCH3 is 1. The van der Waals surface area contributed by atoms with Gasteiger partial charge in [-0.1, -0.05) is 20.8 Å². The molecule has 0 radical (unpaired) electrons. The predicted molar refractivity (Wildman–Crippen MR) is 118 cm³/mol. The lowest BCUT2D eigenvalue weighted by Gasteiger charge is -2.51. The van der Waals surface area contributed by atoms with Gasteiger partial charge in [0.25, 0.3) is 0 Å². The average Bonchev–Trinajstić information content (AvgIpc) is 2.72. The first-order valence-electron chi connectivity index (χ1n) is 10.0. The molecule has 0 spiro atoms. The van der Waals surface area contributed by atoms with E-state index in [4.69, 9.17) is 4.74 Å². The Kier molecular flexibility index (Phi) is 6.08. The monoisotopic (exact) mass is 459 g/mol. The fourth-order valence-corrected chi connectivity index (χ4v) is 5.96. The van der Waals surface area contributed by atoms with Crippen molar-refractivity contribution in [2.45, 2.75) is 39.2 Å². The van der Waals surface area contributed by atoms with Crippen molar-refractivity contribution in [2.75, 3.05) is 12.9 Å². The van der Waals surface area contributed by atoms with Crippen LogP contribution in [0.1, 0.15) is 43.6 Å². The number of hydrogen-bond donors (Lipinski definition) is 2. The molecule has 8 nitrogen and oxygen atoms in total. The molecule has 3 atom stereocenters. The molecule has 2 aliphatic rings. The van der Waals surface area contributed by atoms with Crippen LogP contribution in [0.2, 0.25) is 0 Å². The van der Waals surface area contributed by atoms with Crippen LogP contribution in [0.3, 0.4) is 0 Å². The van der Waals surface area contributed by atoms with E-state index in [0.29, 0.717) is 16.2 Å². The Morgan fingerprint density at radius 3 is 2.44 bits per heavy atom. The molecular weight excluding hydrogens is 434 g/mol. The molecule has 9 heteroatoms. The fourth-order valence-electron chi connectivity index (χ4n) is 4.67. The lowest BCUT2D eigenvalue weighted by molar-refractivity contribution is -0.140. The summed E-state index contributed by atoms with van der Waals surface area (Å²) in [6, 6.07) is 3.64. The quantitative estimate of drug-likeness (QED) is 0.620. The van der Waals surface area contributed by atoms with Crippen LogP contribution in [-0.2, 0) is 24.6 Å². The van der Waals surface area contributed by atoms with Crippen LogP contribution < -0.4 is 10.1 Å². The molecule has 0 fully saturated rings. The summed E-state index contributed by atoms with van der Waals surface area (Å²) in [4.78, 5) is 62.7. The Bertz CT molecular complexity index is 1070. The van der Waals surface area contributed by atoms with Gasteiger partial charge in [-0.2, -0.15) is 0 Å². The molecular formula is C23H25NO7S. The number of aliphatic carboxylic acids is 1. The van der Waals surface area contributed by atoms with Crippen molar-refractivity contribution in [2.24, 2.45) is 11.3 Å². The second-order valence-corrected chi connectivity index (χ2v) is 9.80. The zero-order valence-corrected chi connectivity index (χ0v) is 19.3. The van der Waals surface area contributed by atoms with Gasteiger partial charge in [-0.3, -0.25) is 19.2 Å². The molecule has 0 heterocycles. The summed E-state index contributed by atoms with van der Waals surface area (Å²) in [5, 5.41) is 11.8. The molecule has 0 bridgehead atoms. The van der Waals surface area contributed by atoms with Gasteiger partial charge < -0.3 is 15.2 Å². The lowest BCUT2D eigenvalue weighted by Crippen LogP contribution is -2.57. The van der Waals surface area contributed by atoms with Crippen molar-refractivity contribution in [1.29, 1.82) is 0 Å². The number of carboxylic acids is 1. The number of carboxylic acid groups (broad SMARTS) is 1. The number of ketones is 3. The van der Waals surface area contributed by atoms with Crippen LogP contribution in [0.25, 0.3) is 0 Å². The number of carbonyl (C=O) groups excluding carboxylic acids is 4. The third-order valence-corrected chi connectivity index (χ3v) is 7.66. The molecule has 2 N–H and O–H groups in total. The summed E-state index contributed by atoms with van der Waals surface area (Å²) >= 11 is 1.09. The molecule has 3 unspecified atom stereocenters. The minimum Gasteiger partial charge on any atom is -0.497 e. The molecule has 32 heavy (non-hydrogen) atoms. The van der Waals surface area contributed by atoms with E-state index in [9.17, 15) is 29.1 Å². The maximum atomic E-state index is 13.3. The summed E-state index contributed by atoms with van der Waals surface area (Å²) in [6.07, 6.45) is 1.43. The first-order valence-corrected chi connectivity index (χ1v) is 11.0. The Morgan fingerprint density at radius 1 is 1.22 bits per heavy atom. The van der Waals surface area contributed by atoms with Gasteiger partial charge in [-0.15, -0.1) is 11.8 Å². The van der Waals surface area contributed by atoms with Crippen molar-refractivity contribution < 1.29 is 33.8 Å². The Balaban J connectivity index is 2.17. The van der Waals surface area contributed by atoms with Crippen molar-refractivity contribution in [3.8, 4) is 5.75 Å². The van der Waals surface area contributed by atoms with E-state index in [-0.39, 0.29) is 17.1 Å². The number of hydrogen-bond acceptors (Lipinski definition) is 7. The number of thioether (sulfide) groups is 1. The number of nitrogens with one attached hydrogen (secondary N) is 1. The zero-order chi connectivity index (χ0) is 24.0. The molecule has 0 saturated heterocycles. The molecule has 170 valence electrons. The number of ether oxygens (including phenoxy) is 1. The topological polar surface area (TPSA) is 127 Å². The maximum Gasteiger partial charge on any atom is 0.327 e. The van der Waals surface area contributed by atoms with Crippen molar-refractivity contribution in [3.63, 3.8) is 0 Å². The third-order valence-electron chi connectivity index (χ3n) is 6.31. The molecule has 2 aliphatic carbocycles. The number of allylic oxidation sites excluding steroid dienone is 2. The zero-order valence-electron chi connectivity index (χ0n) is 18.5. The number of rotatable bonds is 6. The minimum atomic E-state index is -1.21. The Morgan fingerprint density at radius 2 is 1.88 bits per heavy atom. The first-order chi connectivity index (χ1) is 14.8. The Hall–Kier alpha value is -2.94. The molecule has 1 amide bonds. The molecule has 3 rings (SSSR count). The van der Waals surface area contributed by atoms with E-state index < -0.39 is 46.2 Å². The third kappa shape index (κ3) is 3.64. The fraction of sp³-hybridized carbons (Fsp3) is 0.435. The van der Waals surface area contributed by atoms with Gasteiger partial charge in [0.2, 0.25) is 17.5 Å². The molecule has 1 aromatic carbocycles. The van der Waals surface area contributed by atoms with Gasteiger partial charge in [-0.05, 0) is 34.7 Å². The van der Waals surface area contributed by atoms with Crippen LogP contribution in [0.4, 0.5) is 0 Å². The van der Waals surface area contributed by atoms with Gasteiger partial charge in [0.15, 0.2) is 5.78 Å². The van der Waals surface area contributed by atoms with E-state index in [1.807, 2.05) is 0 Å². The average molecular weight is 460 g/mol. The van der Waals surface area contributed by atoms with Crippen LogP contribution in [0.15, 0.2) is 29.2 Å². The molecule has 0 aliphatic heterocycles. The first kappa shape index (κ1) is 23.7. The molecule has 0 saturated carbocycles. The number of amides is 1. The van der Waals surface area contributed by atoms with E-state index in [1.165, 1.54) is 20.1 Å². The summed E-state index contributed by atoms with van der Waals surface area (Å²) in [6.45, 7) is 6.30.